The van der Waals surface area contributed by atoms with E-state index in [1.807, 2.05) is 35.2 Å². The third-order valence-electron chi connectivity index (χ3n) is 5.73. The van der Waals surface area contributed by atoms with Crippen LogP contribution in [0.15, 0.2) is 30.3 Å². The molecule has 0 N–H and O–H groups in total. The van der Waals surface area contributed by atoms with E-state index < -0.39 is 5.54 Å². The first-order chi connectivity index (χ1) is 9.63. The highest BCUT2D eigenvalue weighted by atomic mass is 16.2. The number of benzene rings is 1. The molecule has 0 radical (unpaired) electrons. The number of hydrogen-bond acceptors (Lipinski definition) is 2. The van der Waals surface area contributed by atoms with Crippen molar-refractivity contribution in [3.8, 4) is 0 Å². The van der Waals surface area contributed by atoms with Gasteiger partial charge in [0.05, 0.1) is 0 Å². The molecule has 104 valence electrons. The standard InChI is InChI=1S/C17H19NO2/c1-11(19)17-9-13-7-14(15(17)8-13)16(20)18(17)10-12-5-3-2-4-6-12/h2-6,13-15H,7-10H2,1H3. The Kier molecular flexibility index (Phi) is 2.39. The maximum atomic E-state index is 12.7. The van der Waals surface area contributed by atoms with Crippen LogP contribution in [0.3, 0.4) is 0 Å². The van der Waals surface area contributed by atoms with Crippen LogP contribution in [0.4, 0.5) is 0 Å². The number of rotatable bonds is 3. The van der Waals surface area contributed by atoms with Crippen molar-refractivity contribution >= 4 is 11.7 Å². The van der Waals surface area contributed by atoms with Crippen LogP contribution in [-0.4, -0.2) is 22.1 Å². The summed E-state index contributed by atoms with van der Waals surface area (Å²) in [4.78, 5) is 27.0. The molecule has 1 amide bonds. The number of carbonyl (C=O) groups is 2. The number of amides is 1. The monoisotopic (exact) mass is 269 g/mol. The van der Waals surface area contributed by atoms with Crippen LogP contribution in [0.5, 0.6) is 0 Å². The Bertz CT molecular complexity index is 582. The van der Waals surface area contributed by atoms with E-state index in [4.69, 9.17) is 0 Å². The lowest BCUT2D eigenvalue weighted by Gasteiger charge is -2.37. The first kappa shape index (κ1) is 12.1. The smallest absolute Gasteiger partial charge is 0.227 e. The van der Waals surface area contributed by atoms with E-state index in [0.717, 1.165) is 24.8 Å². The zero-order valence-electron chi connectivity index (χ0n) is 11.7. The Morgan fingerprint density at radius 3 is 2.70 bits per heavy atom. The SMILES string of the molecule is CC(=O)C12CC3CC(C(=O)N1Cc1ccccc1)C2C3. The average molecular weight is 269 g/mol. The second-order valence-corrected chi connectivity index (χ2v) is 6.64. The van der Waals surface area contributed by atoms with E-state index in [-0.39, 0.29) is 23.5 Å². The van der Waals surface area contributed by atoms with Crippen molar-refractivity contribution < 1.29 is 9.59 Å². The maximum Gasteiger partial charge on any atom is 0.227 e. The van der Waals surface area contributed by atoms with Gasteiger partial charge in [-0.2, -0.15) is 0 Å². The number of nitrogens with zero attached hydrogens (tertiary/aromatic N) is 1. The molecule has 3 aliphatic rings. The summed E-state index contributed by atoms with van der Waals surface area (Å²) in [6, 6.07) is 10.0. The lowest BCUT2D eigenvalue weighted by Crippen LogP contribution is -2.52. The molecule has 2 aliphatic carbocycles. The number of hydrogen-bond donors (Lipinski definition) is 0. The van der Waals surface area contributed by atoms with Gasteiger partial charge in [-0.25, -0.2) is 0 Å². The molecule has 1 aromatic rings. The summed E-state index contributed by atoms with van der Waals surface area (Å²) in [6.07, 6.45) is 2.97. The highest BCUT2D eigenvalue weighted by Crippen LogP contribution is 2.62. The summed E-state index contributed by atoms with van der Waals surface area (Å²) in [5.74, 6) is 1.38. The van der Waals surface area contributed by atoms with Crippen LogP contribution in [-0.2, 0) is 16.1 Å². The van der Waals surface area contributed by atoms with Crippen LogP contribution >= 0.6 is 0 Å². The highest BCUT2D eigenvalue weighted by molar-refractivity contribution is 5.97. The van der Waals surface area contributed by atoms with Crippen molar-refractivity contribution in [1.82, 2.24) is 4.90 Å². The molecule has 1 aromatic carbocycles. The number of Topliss-reactive ketones (excluding diaryl/α,β-unsaturated/α-hetero) is 1. The normalized spacial score (nSPS) is 37.8. The van der Waals surface area contributed by atoms with Gasteiger partial charge in [-0.15, -0.1) is 0 Å². The summed E-state index contributed by atoms with van der Waals surface area (Å²) in [5.41, 5.74) is 0.631. The number of carbonyl (C=O) groups excluding carboxylic acids is 2. The number of fused-ring (bicyclic) bond motifs is 1. The molecule has 0 aromatic heterocycles. The predicted octanol–water partition coefficient (Wildman–Crippen LogP) is 2.40. The van der Waals surface area contributed by atoms with Crippen molar-refractivity contribution in [3.05, 3.63) is 35.9 Å². The molecular formula is C17H19NO2. The number of ketones is 1. The molecule has 3 fully saturated rings. The molecule has 4 atom stereocenters. The van der Waals surface area contributed by atoms with Crippen molar-refractivity contribution in [2.75, 3.05) is 0 Å². The van der Waals surface area contributed by atoms with Gasteiger partial charge in [-0.05, 0) is 37.7 Å². The Morgan fingerprint density at radius 1 is 1.30 bits per heavy atom. The predicted molar refractivity (Wildman–Crippen MR) is 74.7 cm³/mol. The fourth-order valence-corrected chi connectivity index (χ4v) is 4.99. The fourth-order valence-electron chi connectivity index (χ4n) is 4.99. The van der Waals surface area contributed by atoms with E-state index in [2.05, 4.69) is 0 Å². The molecular weight excluding hydrogens is 250 g/mol. The van der Waals surface area contributed by atoms with Crippen molar-refractivity contribution in [1.29, 1.82) is 0 Å². The minimum Gasteiger partial charge on any atom is -0.325 e. The summed E-state index contributed by atoms with van der Waals surface area (Å²) in [7, 11) is 0. The quantitative estimate of drug-likeness (QED) is 0.845. The van der Waals surface area contributed by atoms with Gasteiger partial charge in [-0.1, -0.05) is 30.3 Å². The largest absolute Gasteiger partial charge is 0.325 e. The van der Waals surface area contributed by atoms with E-state index >= 15 is 0 Å². The van der Waals surface area contributed by atoms with Gasteiger partial charge in [-0.3, -0.25) is 9.59 Å². The second kappa shape index (κ2) is 3.94. The van der Waals surface area contributed by atoms with Crippen molar-refractivity contribution in [2.45, 2.75) is 38.3 Å². The summed E-state index contributed by atoms with van der Waals surface area (Å²) in [6.45, 7) is 2.26. The van der Waals surface area contributed by atoms with Crippen LogP contribution < -0.4 is 0 Å². The molecule has 3 heteroatoms. The van der Waals surface area contributed by atoms with E-state index in [1.54, 1.807) is 6.92 Å². The van der Waals surface area contributed by atoms with Gasteiger partial charge in [0.1, 0.15) is 5.54 Å². The Morgan fingerprint density at radius 2 is 2.05 bits per heavy atom. The third-order valence-corrected chi connectivity index (χ3v) is 5.73. The first-order valence-corrected chi connectivity index (χ1v) is 7.49. The highest BCUT2D eigenvalue weighted by Gasteiger charge is 2.68. The van der Waals surface area contributed by atoms with Crippen LogP contribution in [0, 0.1) is 17.8 Å². The maximum absolute atomic E-state index is 12.7. The Balaban J connectivity index is 1.74. The summed E-state index contributed by atoms with van der Waals surface area (Å²) >= 11 is 0. The van der Waals surface area contributed by atoms with Gasteiger partial charge in [0.25, 0.3) is 0 Å². The molecule has 0 spiro atoms. The molecule has 20 heavy (non-hydrogen) atoms. The minimum absolute atomic E-state index is 0.112. The Hall–Kier alpha value is -1.64. The van der Waals surface area contributed by atoms with Gasteiger partial charge in [0.2, 0.25) is 5.91 Å². The van der Waals surface area contributed by atoms with Crippen LogP contribution in [0.2, 0.25) is 0 Å². The summed E-state index contributed by atoms with van der Waals surface area (Å²) < 4.78 is 0. The average Bonchev–Trinajstić information content (AvgIpc) is 3.05. The zero-order chi connectivity index (χ0) is 13.9. The molecule has 4 unspecified atom stereocenters. The number of likely N-dealkylation sites (tertiary alicyclic amines) is 1. The van der Waals surface area contributed by atoms with E-state index in [9.17, 15) is 9.59 Å². The molecule has 1 aliphatic heterocycles. The van der Waals surface area contributed by atoms with Crippen molar-refractivity contribution in [2.24, 2.45) is 17.8 Å². The molecule has 2 saturated carbocycles. The van der Waals surface area contributed by atoms with Gasteiger partial charge >= 0.3 is 0 Å². The van der Waals surface area contributed by atoms with E-state index in [1.165, 1.54) is 0 Å². The van der Waals surface area contributed by atoms with Crippen molar-refractivity contribution in [3.63, 3.8) is 0 Å². The van der Waals surface area contributed by atoms with Crippen LogP contribution in [0.1, 0.15) is 31.7 Å². The zero-order valence-corrected chi connectivity index (χ0v) is 11.7. The summed E-state index contributed by atoms with van der Waals surface area (Å²) in [5, 5.41) is 0. The van der Waals surface area contributed by atoms with Gasteiger partial charge in [0.15, 0.2) is 5.78 Å². The molecule has 2 bridgehead atoms. The van der Waals surface area contributed by atoms with Crippen LogP contribution in [0.25, 0.3) is 0 Å². The lowest BCUT2D eigenvalue weighted by molar-refractivity contribution is -0.140. The first-order valence-electron chi connectivity index (χ1n) is 7.49. The molecule has 3 nitrogen and oxygen atoms in total. The second-order valence-electron chi connectivity index (χ2n) is 6.64. The fraction of sp³-hybridized carbons (Fsp3) is 0.529. The van der Waals surface area contributed by atoms with Gasteiger partial charge < -0.3 is 4.90 Å². The van der Waals surface area contributed by atoms with Gasteiger partial charge in [0, 0.05) is 18.4 Å². The Labute approximate surface area is 119 Å². The van der Waals surface area contributed by atoms with E-state index in [0.29, 0.717) is 12.5 Å². The molecule has 1 heterocycles. The minimum atomic E-state index is -0.486. The lowest BCUT2D eigenvalue weighted by atomic mass is 9.76. The molecule has 1 saturated heterocycles. The third kappa shape index (κ3) is 1.36. The molecule has 4 rings (SSSR count). The topological polar surface area (TPSA) is 37.4 Å².